The van der Waals surface area contributed by atoms with E-state index in [0.29, 0.717) is 23.7 Å². The quantitative estimate of drug-likeness (QED) is 0.347. The first-order valence-electron chi connectivity index (χ1n) is 12.6. The van der Waals surface area contributed by atoms with Crippen LogP contribution in [0.4, 0.5) is 5.69 Å². The highest BCUT2D eigenvalue weighted by Gasteiger charge is 2.32. The number of amides is 2. The van der Waals surface area contributed by atoms with E-state index in [-0.39, 0.29) is 17.3 Å². The number of benzene rings is 3. The van der Waals surface area contributed by atoms with Gasteiger partial charge in [-0.1, -0.05) is 66.6 Å². The Hall–Kier alpha value is -3.36. The third-order valence-electron chi connectivity index (χ3n) is 6.20. The van der Waals surface area contributed by atoms with Crippen LogP contribution < -0.4 is 9.62 Å². The average Bonchev–Trinajstić information content (AvgIpc) is 2.91. The van der Waals surface area contributed by atoms with E-state index >= 15 is 0 Å². The Bertz CT molecular complexity index is 1310. The zero-order valence-electron chi connectivity index (χ0n) is 21.9. The molecule has 0 heterocycles. The zero-order valence-corrected chi connectivity index (χ0v) is 23.5. The molecule has 9 heteroatoms. The summed E-state index contributed by atoms with van der Waals surface area (Å²) in [6.45, 7) is 5.74. The van der Waals surface area contributed by atoms with E-state index in [4.69, 9.17) is 11.6 Å². The van der Waals surface area contributed by atoms with Gasteiger partial charge in [0.15, 0.2) is 0 Å². The fourth-order valence-electron chi connectivity index (χ4n) is 3.94. The third kappa shape index (κ3) is 7.58. The average molecular weight is 556 g/mol. The SMILES string of the molecule is CCCNC(=O)C(C)N(CCc1ccccc1)C(=O)CN(c1ccc(Cl)cc1)S(=O)(=O)c1ccc(C)cc1. The number of carbonyl (C=O) groups excluding carboxylic acids is 2. The number of nitrogens with zero attached hydrogens (tertiary/aromatic N) is 2. The molecule has 202 valence electrons. The second-order valence-electron chi connectivity index (χ2n) is 9.09. The molecule has 0 radical (unpaired) electrons. The van der Waals surface area contributed by atoms with Crippen molar-refractivity contribution in [1.82, 2.24) is 10.2 Å². The van der Waals surface area contributed by atoms with Gasteiger partial charge in [0.2, 0.25) is 11.8 Å². The Morgan fingerprint density at radius 1 is 0.947 bits per heavy atom. The summed E-state index contributed by atoms with van der Waals surface area (Å²) >= 11 is 6.05. The summed E-state index contributed by atoms with van der Waals surface area (Å²) in [4.78, 5) is 28.1. The summed E-state index contributed by atoms with van der Waals surface area (Å²) in [6, 6.07) is 21.6. The molecule has 0 aromatic heterocycles. The maximum Gasteiger partial charge on any atom is 0.264 e. The second kappa shape index (κ2) is 13.4. The molecule has 3 aromatic carbocycles. The molecule has 1 N–H and O–H groups in total. The number of hydrogen-bond acceptors (Lipinski definition) is 4. The van der Waals surface area contributed by atoms with Crippen molar-refractivity contribution >= 4 is 39.1 Å². The molecule has 0 aliphatic carbocycles. The number of nitrogens with one attached hydrogen (secondary N) is 1. The topological polar surface area (TPSA) is 86.8 Å². The summed E-state index contributed by atoms with van der Waals surface area (Å²) in [5, 5.41) is 3.28. The van der Waals surface area contributed by atoms with Gasteiger partial charge in [-0.05, 0) is 68.7 Å². The third-order valence-corrected chi connectivity index (χ3v) is 8.24. The van der Waals surface area contributed by atoms with Crippen molar-refractivity contribution in [2.45, 2.75) is 44.6 Å². The molecule has 0 fully saturated rings. The van der Waals surface area contributed by atoms with Gasteiger partial charge in [0.1, 0.15) is 12.6 Å². The Kier molecular flexibility index (Phi) is 10.3. The molecule has 1 atom stereocenters. The van der Waals surface area contributed by atoms with Crippen LogP contribution in [-0.4, -0.2) is 50.8 Å². The molecular formula is C29H34ClN3O4S. The highest BCUT2D eigenvalue weighted by Crippen LogP contribution is 2.26. The van der Waals surface area contributed by atoms with E-state index in [1.54, 1.807) is 43.3 Å². The molecule has 0 bridgehead atoms. The first-order valence-corrected chi connectivity index (χ1v) is 14.4. The van der Waals surface area contributed by atoms with Crippen LogP contribution in [0, 0.1) is 6.92 Å². The molecule has 0 spiro atoms. The molecule has 0 saturated carbocycles. The predicted molar refractivity (Wildman–Crippen MR) is 152 cm³/mol. The molecule has 0 aliphatic heterocycles. The van der Waals surface area contributed by atoms with E-state index in [0.717, 1.165) is 21.9 Å². The Morgan fingerprint density at radius 2 is 1.58 bits per heavy atom. The van der Waals surface area contributed by atoms with Crippen LogP contribution in [0.25, 0.3) is 0 Å². The number of aryl methyl sites for hydroxylation is 1. The van der Waals surface area contributed by atoms with Gasteiger partial charge in [0.25, 0.3) is 10.0 Å². The predicted octanol–water partition coefficient (Wildman–Crippen LogP) is 4.83. The number of anilines is 1. The van der Waals surface area contributed by atoms with Crippen molar-refractivity contribution in [3.63, 3.8) is 0 Å². The standard InChI is InChI=1S/C29H34ClN3O4S/c1-4-19-31-29(35)23(3)32(20-18-24-8-6-5-7-9-24)28(34)21-33(26-14-12-25(30)13-15-26)38(36,37)27-16-10-22(2)11-17-27/h5-17,23H,4,18-21H2,1-3H3,(H,31,35). The van der Waals surface area contributed by atoms with Crippen molar-refractivity contribution < 1.29 is 18.0 Å². The van der Waals surface area contributed by atoms with Crippen LogP contribution in [0.1, 0.15) is 31.4 Å². The lowest BCUT2D eigenvalue weighted by Crippen LogP contribution is -2.52. The minimum atomic E-state index is -4.10. The highest BCUT2D eigenvalue weighted by atomic mass is 35.5. The van der Waals surface area contributed by atoms with Gasteiger partial charge >= 0.3 is 0 Å². The van der Waals surface area contributed by atoms with Gasteiger partial charge in [-0.2, -0.15) is 0 Å². The summed E-state index contributed by atoms with van der Waals surface area (Å²) < 4.78 is 28.6. The van der Waals surface area contributed by atoms with Crippen LogP contribution in [-0.2, 0) is 26.0 Å². The van der Waals surface area contributed by atoms with Crippen molar-refractivity contribution in [3.05, 3.63) is 95.0 Å². The van der Waals surface area contributed by atoms with Gasteiger partial charge < -0.3 is 10.2 Å². The monoisotopic (exact) mass is 555 g/mol. The molecule has 0 aliphatic rings. The van der Waals surface area contributed by atoms with E-state index in [1.165, 1.54) is 17.0 Å². The van der Waals surface area contributed by atoms with Crippen molar-refractivity contribution in [2.75, 3.05) is 23.9 Å². The maximum absolute atomic E-state index is 13.8. The number of sulfonamides is 1. The van der Waals surface area contributed by atoms with Gasteiger partial charge in [0.05, 0.1) is 10.6 Å². The molecule has 2 amide bonds. The smallest absolute Gasteiger partial charge is 0.264 e. The summed E-state index contributed by atoms with van der Waals surface area (Å²) in [5.41, 5.74) is 2.22. The molecule has 0 saturated heterocycles. The lowest BCUT2D eigenvalue weighted by Gasteiger charge is -2.32. The number of halogens is 1. The van der Waals surface area contributed by atoms with E-state index in [1.807, 2.05) is 44.2 Å². The normalized spacial score (nSPS) is 12.0. The Balaban J connectivity index is 1.95. The van der Waals surface area contributed by atoms with Gasteiger partial charge in [-0.3, -0.25) is 13.9 Å². The summed E-state index contributed by atoms with van der Waals surface area (Å²) in [7, 11) is -4.10. The van der Waals surface area contributed by atoms with Crippen LogP contribution in [0.2, 0.25) is 5.02 Å². The first-order chi connectivity index (χ1) is 18.1. The second-order valence-corrected chi connectivity index (χ2v) is 11.4. The van der Waals surface area contributed by atoms with E-state index < -0.39 is 28.5 Å². The fraction of sp³-hybridized carbons (Fsp3) is 0.310. The lowest BCUT2D eigenvalue weighted by molar-refractivity contribution is -0.138. The number of carbonyl (C=O) groups is 2. The van der Waals surface area contributed by atoms with Crippen LogP contribution in [0.3, 0.4) is 0 Å². The van der Waals surface area contributed by atoms with Gasteiger partial charge in [-0.15, -0.1) is 0 Å². The molecule has 1 unspecified atom stereocenters. The van der Waals surface area contributed by atoms with Crippen LogP contribution in [0.5, 0.6) is 0 Å². The fourth-order valence-corrected chi connectivity index (χ4v) is 5.48. The molecular weight excluding hydrogens is 522 g/mol. The molecule has 3 rings (SSSR count). The minimum Gasteiger partial charge on any atom is -0.354 e. The largest absolute Gasteiger partial charge is 0.354 e. The number of hydrogen-bond donors (Lipinski definition) is 1. The van der Waals surface area contributed by atoms with E-state index in [9.17, 15) is 18.0 Å². The molecule has 7 nitrogen and oxygen atoms in total. The van der Waals surface area contributed by atoms with Crippen molar-refractivity contribution in [1.29, 1.82) is 0 Å². The first kappa shape index (κ1) is 29.2. The lowest BCUT2D eigenvalue weighted by atomic mass is 10.1. The van der Waals surface area contributed by atoms with Crippen molar-refractivity contribution in [2.24, 2.45) is 0 Å². The van der Waals surface area contributed by atoms with Crippen LogP contribution in [0.15, 0.2) is 83.8 Å². The zero-order chi connectivity index (χ0) is 27.7. The maximum atomic E-state index is 13.8. The van der Waals surface area contributed by atoms with Crippen molar-refractivity contribution in [3.8, 4) is 0 Å². The Labute approximate surface area is 230 Å². The molecule has 3 aromatic rings. The Morgan fingerprint density at radius 3 is 2.18 bits per heavy atom. The van der Waals surface area contributed by atoms with Crippen LogP contribution >= 0.6 is 11.6 Å². The van der Waals surface area contributed by atoms with E-state index in [2.05, 4.69) is 5.32 Å². The highest BCUT2D eigenvalue weighted by molar-refractivity contribution is 7.92. The number of rotatable bonds is 12. The minimum absolute atomic E-state index is 0.0652. The molecule has 38 heavy (non-hydrogen) atoms. The van der Waals surface area contributed by atoms with Gasteiger partial charge in [0, 0.05) is 18.1 Å². The van der Waals surface area contributed by atoms with Gasteiger partial charge in [-0.25, -0.2) is 8.42 Å². The summed E-state index contributed by atoms with van der Waals surface area (Å²) in [5.74, 6) is -0.765. The summed E-state index contributed by atoms with van der Waals surface area (Å²) in [6.07, 6.45) is 1.28.